The van der Waals surface area contributed by atoms with Gasteiger partial charge in [-0.25, -0.2) is 4.79 Å². The summed E-state index contributed by atoms with van der Waals surface area (Å²) in [5.41, 5.74) is 1.96. The van der Waals surface area contributed by atoms with E-state index in [0.29, 0.717) is 24.4 Å². The van der Waals surface area contributed by atoms with Crippen molar-refractivity contribution in [2.45, 2.75) is 19.4 Å². The number of hydrogen-bond acceptors (Lipinski definition) is 5. The first kappa shape index (κ1) is 16.7. The summed E-state index contributed by atoms with van der Waals surface area (Å²) in [4.78, 5) is 31.2. The van der Waals surface area contributed by atoms with Crippen LogP contribution in [0.15, 0.2) is 57.9 Å². The third-order valence-corrected chi connectivity index (χ3v) is 5.01. The molecule has 4 rings (SSSR count). The lowest BCUT2D eigenvalue weighted by atomic mass is 9.92. The van der Waals surface area contributed by atoms with Crippen LogP contribution in [-0.4, -0.2) is 39.9 Å². The molecule has 26 heavy (non-hydrogen) atoms. The molecule has 1 aromatic carbocycles. The molecule has 1 atom stereocenters. The highest BCUT2D eigenvalue weighted by atomic mass is 16.4. The van der Waals surface area contributed by atoms with Crippen LogP contribution >= 0.6 is 0 Å². The minimum absolute atomic E-state index is 0.0311. The fourth-order valence-corrected chi connectivity index (χ4v) is 3.66. The molecule has 0 aliphatic carbocycles. The van der Waals surface area contributed by atoms with E-state index in [-0.39, 0.29) is 17.5 Å². The molecule has 6 nitrogen and oxygen atoms in total. The Kier molecular flexibility index (Phi) is 4.67. The second kappa shape index (κ2) is 7.25. The van der Waals surface area contributed by atoms with Gasteiger partial charge in [0.15, 0.2) is 11.4 Å². The van der Waals surface area contributed by atoms with Gasteiger partial charge in [-0.15, -0.1) is 0 Å². The molecule has 3 heterocycles. The Bertz CT molecular complexity index is 961. The van der Waals surface area contributed by atoms with Crippen LogP contribution in [0.2, 0.25) is 0 Å². The summed E-state index contributed by atoms with van der Waals surface area (Å²) in [6.07, 6.45) is 3.52. The predicted octanol–water partition coefficient (Wildman–Crippen LogP) is 2.58. The van der Waals surface area contributed by atoms with Crippen LogP contribution in [0, 0.1) is 5.92 Å². The van der Waals surface area contributed by atoms with Gasteiger partial charge in [0, 0.05) is 31.7 Å². The van der Waals surface area contributed by atoms with Crippen LogP contribution in [0.4, 0.5) is 0 Å². The van der Waals surface area contributed by atoms with E-state index >= 15 is 0 Å². The molecule has 6 heteroatoms. The summed E-state index contributed by atoms with van der Waals surface area (Å²) in [6.45, 7) is 2.92. The average molecular weight is 351 g/mol. The predicted molar refractivity (Wildman–Crippen MR) is 98.2 cm³/mol. The molecule has 0 unspecified atom stereocenters. The van der Waals surface area contributed by atoms with E-state index in [2.05, 4.69) is 9.88 Å². The quantitative estimate of drug-likeness (QED) is 0.661. The molecule has 1 aliphatic rings. The fraction of sp³-hybridized carbons (Fsp3) is 0.350. The molecule has 0 radical (unpaired) electrons. The molecule has 0 amide bonds. The lowest BCUT2D eigenvalue weighted by molar-refractivity contribution is 0.0810. The van der Waals surface area contributed by atoms with Crippen LogP contribution in [0.1, 0.15) is 23.3 Å². The van der Waals surface area contributed by atoms with Gasteiger partial charge in [-0.05, 0) is 43.7 Å². The highest BCUT2D eigenvalue weighted by Crippen LogP contribution is 2.20. The van der Waals surface area contributed by atoms with Gasteiger partial charge in [-0.3, -0.25) is 14.3 Å². The highest BCUT2D eigenvalue weighted by molar-refractivity contribution is 5.96. The fourth-order valence-electron chi connectivity index (χ4n) is 3.66. The minimum atomic E-state index is -0.329. The maximum absolute atomic E-state index is 12.6. The molecular formula is C20H21N3O3. The lowest BCUT2D eigenvalue weighted by Crippen LogP contribution is -2.41. The molecule has 134 valence electrons. The molecule has 2 aromatic heterocycles. The number of Topliss-reactive ketones (excluding diaryl/α,β-unsaturated/α-hetero) is 1. The van der Waals surface area contributed by atoms with Gasteiger partial charge in [0.05, 0.1) is 5.52 Å². The molecule has 0 N–H and O–H groups in total. The smallest absolute Gasteiger partial charge is 0.408 e. The first-order valence-electron chi connectivity index (χ1n) is 8.98. The molecule has 0 bridgehead atoms. The number of carbonyl (C=O) groups excluding carboxylic acids is 1. The summed E-state index contributed by atoms with van der Waals surface area (Å²) >= 11 is 0. The van der Waals surface area contributed by atoms with Crippen LogP contribution in [-0.2, 0) is 6.54 Å². The van der Waals surface area contributed by atoms with E-state index in [1.165, 1.54) is 0 Å². The van der Waals surface area contributed by atoms with E-state index in [9.17, 15) is 9.59 Å². The van der Waals surface area contributed by atoms with Crippen LogP contribution in [0.3, 0.4) is 0 Å². The molecule has 1 saturated heterocycles. The SMILES string of the molecule is O=C(c1ccccn1)[C@@H]1CCCN(CCn2c(=O)oc3ccccc32)C1. The Morgan fingerprint density at radius 2 is 2.00 bits per heavy atom. The zero-order valence-corrected chi connectivity index (χ0v) is 14.5. The van der Waals surface area contributed by atoms with E-state index in [1.807, 2.05) is 30.3 Å². The third kappa shape index (κ3) is 3.32. The number of likely N-dealkylation sites (tertiary alicyclic amines) is 1. The minimum Gasteiger partial charge on any atom is -0.408 e. The van der Waals surface area contributed by atoms with Crippen molar-refractivity contribution in [2.24, 2.45) is 5.92 Å². The van der Waals surface area contributed by atoms with Crippen molar-refractivity contribution < 1.29 is 9.21 Å². The number of benzene rings is 1. The number of ketones is 1. The highest BCUT2D eigenvalue weighted by Gasteiger charge is 2.27. The molecule has 1 fully saturated rings. The molecule has 0 saturated carbocycles. The van der Waals surface area contributed by atoms with Crippen LogP contribution < -0.4 is 5.76 Å². The Morgan fingerprint density at radius 3 is 2.85 bits per heavy atom. The maximum Gasteiger partial charge on any atom is 0.419 e. The molecule has 3 aromatic rings. The summed E-state index contributed by atoms with van der Waals surface area (Å²) in [6, 6.07) is 12.9. The maximum atomic E-state index is 12.6. The number of nitrogens with zero attached hydrogens (tertiary/aromatic N) is 3. The van der Waals surface area contributed by atoms with Gasteiger partial charge in [0.1, 0.15) is 5.69 Å². The van der Waals surface area contributed by atoms with Crippen molar-refractivity contribution in [2.75, 3.05) is 19.6 Å². The average Bonchev–Trinajstić information content (AvgIpc) is 3.02. The standard InChI is InChI=1S/C20H21N3O3/c24-19(16-7-3-4-10-21-16)15-6-5-11-22(14-15)12-13-23-17-8-1-2-9-18(17)26-20(23)25/h1-4,7-10,15H,5-6,11-14H2/t15-/m1/s1. The first-order chi connectivity index (χ1) is 12.7. The van der Waals surface area contributed by atoms with Crippen molar-refractivity contribution in [3.63, 3.8) is 0 Å². The number of hydrogen-bond donors (Lipinski definition) is 0. The number of pyridine rings is 1. The third-order valence-electron chi connectivity index (χ3n) is 5.01. The topological polar surface area (TPSA) is 68.3 Å². The zero-order valence-electron chi connectivity index (χ0n) is 14.5. The second-order valence-corrected chi connectivity index (χ2v) is 6.71. The zero-order chi connectivity index (χ0) is 17.9. The molecule has 0 spiro atoms. The summed E-state index contributed by atoms with van der Waals surface area (Å²) in [5.74, 6) is -0.248. The van der Waals surface area contributed by atoms with Crippen molar-refractivity contribution in [1.29, 1.82) is 0 Å². The number of rotatable bonds is 5. The van der Waals surface area contributed by atoms with Crippen molar-refractivity contribution >= 4 is 16.9 Å². The Labute approximate surface area is 151 Å². The van der Waals surface area contributed by atoms with Gasteiger partial charge in [-0.2, -0.15) is 0 Å². The van der Waals surface area contributed by atoms with E-state index in [1.54, 1.807) is 22.9 Å². The lowest BCUT2D eigenvalue weighted by Gasteiger charge is -2.31. The number of fused-ring (bicyclic) bond motifs is 1. The van der Waals surface area contributed by atoms with E-state index < -0.39 is 0 Å². The number of oxazole rings is 1. The van der Waals surface area contributed by atoms with E-state index in [4.69, 9.17) is 4.42 Å². The molecule has 1 aliphatic heterocycles. The summed E-state index contributed by atoms with van der Waals surface area (Å²) < 4.78 is 6.95. The number of carbonyl (C=O) groups is 1. The van der Waals surface area contributed by atoms with Crippen molar-refractivity contribution in [1.82, 2.24) is 14.5 Å². The van der Waals surface area contributed by atoms with E-state index in [0.717, 1.165) is 31.4 Å². The monoisotopic (exact) mass is 351 g/mol. The number of para-hydroxylation sites is 2. The molecular weight excluding hydrogens is 330 g/mol. The second-order valence-electron chi connectivity index (χ2n) is 6.71. The van der Waals surface area contributed by atoms with Gasteiger partial charge >= 0.3 is 5.76 Å². The van der Waals surface area contributed by atoms with Crippen molar-refractivity contribution in [3.8, 4) is 0 Å². The Morgan fingerprint density at radius 1 is 1.15 bits per heavy atom. The van der Waals surface area contributed by atoms with Gasteiger partial charge < -0.3 is 9.32 Å². The number of aromatic nitrogens is 2. The van der Waals surface area contributed by atoms with Crippen LogP contribution in [0.25, 0.3) is 11.1 Å². The summed E-state index contributed by atoms with van der Waals surface area (Å²) in [7, 11) is 0. The summed E-state index contributed by atoms with van der Waals surface area (Å²) in [5, 5.41) is 0. The largest absolute Gasteiger partial charge is 0.419 e. The van der Waals surface area contributed by atoms with Gasteiger partial charge in [0.25, 0.3) is 0 Å². The van der Waals surface area contributed by atoms with Crippen LogP contribution in [0.5, 0.6) is 0 Å². The van der Waals surface area contributed by atoms with Crippen molar-refractivity contribution in [3.05, 3.63) is 64.9 Å². The van der Waals surface area contributed by atoms with Gasteiger partial charge in [-0.1, -0.05) is 18.2 Å². The first-order valence-corrected chi connectivity index (χ1v) is 8.98. The van der Waals surface area contributed by atoms with Gasteiger partial charge in [0.2, 0.25) is 0 Å². The Hall–Kier alpha value is -2.73. The normalized spacial score (nSPS) is 18.2. The number of piperidine rings is 1. The Balaban J connectivity index is 1.43.